The minimum absolute atomic E-state index is 0.174. The number of nitrogens with zero attached hydrogens (tertiary/aromatic N) is 2. The predicted octanol–water partition coefficient (Wildman–Crippen LogP) is 3.32. The Morgan fingerprint density at radius 1 is 1.03 bits per heavy atom. The summed E-state index contributed by atoms with van der Waals surface area (Å²) in [5, 5.41) is 3.91. The van der Waals surface area contributed by atoms with Gasteiger partial charge in [-0.2, -0.15) is 5.10 Å². The normalized spacial score (nSPS) is 11.3. The lowest BCUT2D eigenvalue weighted by Crippen LogP contribution is -2.39. The average molecular weight is 456 g/mol. The number of hydrogen-bond acceptors (Lipinski definition) is 5. The summed E-state index contributed by atoms with van der Waals surface area (Å²) < 4.78 is 44.0. The fourth-order valence-electron chi connectivity index (χ4n) is 2.80. The third kappa shape index (κ3) is 6.64. The van der Waals surface area contributed by atoms with Gasteiger partial charge in [-0.25, -0.2) is 18.2 Å². The summed E-state index contributed by atoms with van der Waals surface area (Å²) in [6, 6.07) is 21.7. The Hall–Kier alpha value is -3.72. The summed E-state index contributed by atoms with van der Waals surface area (Å²) in [6.45, 7) is -0.132. The van der Waals surface area contributed by atoms with Crippen LogP contribution >= 0.6 is 0 Å². The number of halogens is 1. The predicted molar refractivity (Wildman–Crippen MR) is 122 cm³/mol. The van der Waals surface area contributed by atoms with Crippen LogP contribution in [0.15, 0.2) is 84.0 Å². The molecule has 0 aliphatic carbocycles. The van der Waals surface area contributed by atoms with E-state index in [1.807, 2.05) is 36.4 Å². The number of benzene rings is 3. The van der Waals surface area contributed by atoms with Gasteiger partial charge in [0.2, 0.25) is 10.0 Å². The van der Waals surface area contributed by atoms with Gasteiger partial charge in [0.15, 0.2) is 0 Å². The van der Waals surface area contributed by atoms with E-state index in [1.54, 1.807) is 18.2 Å². The van der Waals surface area contributed by atoms with Crippen LogP contribution in [0.25, 0.3) is 0 Å². The van der Waals surface area contributed by atoms with Gasteiger partial charge in [0.25, 0.3) is 5.91 Å². The molecule has 9 heteroatoms. The molecule has 0 saturated carbocycles. The Morgan fingerprint density at radius 3 is 2.38 bits per heavy atom. The zero-order valence-electron chi connectivity index (χ0n) is 17.3. The lowest BCUT2D eigenvalue weighted by Gasteiger charge is -2.21. The van der Waals surface area contributed by atoms with Crippen molar-refractivity contribution in [2.75, 3.05) is 17.1 Å². The summed E-state index contributed by atoms with van der Waals surface area (Å²) in [7, 11) is -3.77. The van der Waals surface area contributed by atoms with Crippen LogP contribution in [0, 0.1) is 5.82 Å². The van der Waals surface area contributed by atoms with E-state index in [0.29, 0.717) is 17.9 Å². The number of rotatable bonds is 9. The number of amides is 1. The molecular formula is C23H22FN3O4S. The van der Waals surface area contributed by atoms with Gasteiger partial charge in [-0.15, -0.1) is 0 Å². The van der Waals surface area contributed by atoms with E-state index in [4.69, 9.17) is 4.74 Å². The third-order valence-corrected chi connectivity index (χ3v) is 5.49. The Labute approximate surface area is 186 Å². The monoisotopic (exact) mass is 455 g/mol. The highest BCUT2D eigenvalue weighted by atomic mass is 32.2. The number of hydrazone groups is 1. The maximum Gasteiger partial charge on any atom is 0.260 e. The molecule has 32 heavy (non-hydrogen) atoms. The molecular weight excluding hydrogens is 433 g/mol. The average Bonchev–Trinajstić information content (AvgIpc) is 2.77. The number of sulfonamides is 1. The van der Waals surface area contributed by atoms with E-state index < -0.39 is 28.3 Å². The highest BCUT2D eigenvalue weighted by Gasteiger charge is 2.20. The molecule has 7 nitrogen and oxygen atoms in total. The van der Waals surface area contributed by atoms with E-state index in [0.717, 1.165) is 28.3 Å². The van der Waals surface area contributed by atoms with Crippen molar-refractivity contribution < 1.29 is 22.3 Å². The zero-order valence-corrected chi connectivity index (χ0v) is 18.1. The lowest BCUT2D eigenvalue weighted by atomic mass is 10.2. The third-order valence-electron chi connectivity index (χ3n) is 4.35. The zero-order chi connectivity index (χ0) is 23.0. The van der Waals surface area contributed by atoms with Crippen molar-refractivity contribution in [2.45, 2.75) is 6.61 Å². The van der Waals surface area contributed by atoms with Crippen molar-refractivity contribution in [3.05, 3.63) is 95.8 Å². The fourth-order valence-corrected chi connectivity index (χ4v) is 3.66. The first-order valence-corrected chi connectivity index (χ1v) is 11.5. The summed E-state index contributed by atoms with van der Waals surface area (Å²) in [6.07, 6.45) is 2.38. The molecule has 0 bridgehead atoms. The molecule has 0 aliphatic rings. The van der Waals surface area contributed by atoms with E-state index in [1.165, 1.54) is 18.3 Å². The Kier molecular flexibility index (Phi) is 7.56. The molecule has 3 rings (SSSR count). The van der Waals surface area contributed by atoms with Gasteiger partial charge in [0, 0.05) is 5.56 Å². The highest BCUT2D eigenvalue weighted by molar-refractivity contribution is 7.92. The fraction of sp³-hybridized carbons (Fsp3) is 0.130. The second kappa shape index (κ2) is 10.5. The quantitative estimate of drug-likeness (QED) is 0.396. The van der Waals surface area contributed by atoms with E-state index in [-0.39, 0.29) is 5.69 Å². The number of nitrogens with one attached hydrogen (secondary N) is 1. The first-order chi connectivity index (χ1) is 15.3. The molecule has 0 spiro atoms. The highest BCUT2D eigenvalue weighted by Crippen LogP contribution is 2.19. The lowest BCUT2D eigenvalue weighted by molar-refractivity contribution is -0.119. The molecule has 0 unspecified atom stereocenters. The molecule has 0 aliphatic heterocycles. The topological polar surface area (TPSA) is 88.1 Å². The summed E-state index contributed by atoms with van der Waals surface area (Å²) in [5.74, 6) is -0.582. The maximum atomic E-state index is 13.1. The molecule has 0 radical (unpaired) electrons. The molecule has 0 fully saturated rings. The molecule has 0 atom stereocenters. The van der Waals surface area contributed by atoms with Gasteiger partial charge >= 0.3 is 0 Å². The minimum Gasteiger partial charge on any atom is -0.488 e. The molecule has 3 aromatic carbocycles. The molecule has 0 heterocycles. The van der Waals surface area contributed by atoms with Crippen molar-refractivity contribution in [1.82, 2.24) is 5.43 Å². The Morgan fingerprint density at radius 2 is 1.69 bits per heavy atom. The molecule has 3 aromatic rings. The second-order valence-corrected chi connectivity index (χ2v) is 8.76. The van der Waals surface area contributed by atoms with E-state index in [2.05, 4.69) is 10.5 Å². The minimum atomic E-state index is -3.77. The van der Waals surface area contributed by atoms with Gasteiger partial charge in [0.1, 0.15) is 24.7 Å². The van der Waals surface area contributed by atoms with Crippen LogP contribution in [0.1, 0.15) is 11.1 Å². The number of para-hydroxylation sites is 1. The Bertz CT molecular complexity index is 1180. The molecule has 1 amide bonds. The molecule has 1 N–H and O–H groups in total. The van der Waals surface area contributed by atoms with Crippen LogP contribution in [0.5, 0.6) is 5.75 Å². The first kappa shape index (κ1) is 23.0. The van der Waals surface area contributed by atoms with Crippen LogP contribution in [0.4, 0.5) is 10.1 Å². The maximum absolute atomic E-state index is 13.1. The summed E-state index contributed by atoms with van der Waals surface area (Å²) >= 11 is 0. The van der Waals surface area contributed by atoms with Crippen LogP contribution in [-0.2, 0) is 21.4 Å². The van der Waals surface area contributed by atoms with Crippen LogP contribution in [0.3, 0.4) is 0 Å². The van der Waals surface area contributed by atoms with Crippen molar-refractivity contribution in [1.29, 1.82) is 0 Å². The first-order valence-electron chi connectivity index (χ1n) is 9.64. The molecule has 0 aromatic heterocycles. The number of hydrogen-bond donors (Lipinski definition) is 1. The van der Waals surface area contributed by atoms with Gasteiger partial charge in [-0.3, -0.25) is 9.10 Å². The van der Waals surface area contributed by atoms with Crippen LogP contribution < -0.4 is 14.5 Å². The summed E-state index contributed by atoms with van der Waals surface area (Å²) in [5.41, 5.74) is 4.13. The molecule has 166 valence electrons. The van der Waals surface area contributed by atoms with Gasteiger partial charge in [-0.05, 0) is 42.0 Å². The van der Waals surface area contributed by atoms with Gasteiger partial charge in [0.05, 0.1) is 18.2 Å². The van der Waals surface area contributed by atoms with Gasteiger partial charge < -0.3 is 4.74 Å². The van der Waals surface area contributed by atoms with E-state index in [9.17, 15) is 17.6 Å². The van der Waals surface area contributed by atoms with Crippen LogP contribution in [0.2, 0.25) is 0 Å². The Balaban J connectivity index is 1.64. The number of carbonyl (C=O) groups is 1. The van der Waals surface area contributed by atoms with Crippen molar-refractivity contribution in [2.24, 2.45) is 5.10 Å². The van der Waals surface area contributed by atoms with Gasteiger partial charge in [-0.1, -0.05) is 42.5 Å². The largest absolute Gasteiger partial charge is 0.488 e. The van der Waals surface area contributed by atoms with Crippen LogP contribution in [-0.4, -0.2) is 33.3 Å². The van der Waals surface area contributed by atoms with Crippen molar-refractivity contribution in [3.63, 3.8) is 0 Å². The molecule has 0 saturated heterocycles. The summed E-state index contributed by atoms with van der Waals surface area (Å²) in [4.78, 5) is 12.3. The SMILES string of the molecule is CS(=O)(=O)N(CC(=O)N/N=C\c1ccccc1OCc1ccccc1)c1ccc(F)cc1. The van der Waals surface area contributed by atoms with Crippen molar-refractivity contribution >= 4 is 27.8 Å². The van der Waals surface area contributed by atoms with E-state index >= 15 is 0 Å². The standard InChI is InChI=1S/C23H22FN3O4S/c1-32(29,30)27(21-13-11-20(24)12-14-21)16-23(28)26-25-15-19-9-5-6-10-22(19)31-17-18-7-3-2-4-8-18/h2-15H,16-17H2,1H3,(H,26,28)/b25-15-. The number of ether oxygens (including phenoxy) is 1. The number of anilines is 1. The smallest absolute Gasteiger partial charge is 0.260 e. The van der Waals surface area contributed by atoms with Crippen molar-refractivity contribution in [3.8, 4) is 5.75 Å². The second-order valence-electron chi connectivity index (χ2n) is 6.85. The number of carbonyl (C=O) groups excluding carboxylic acids is 1.